The Balaban J connectivity index is 2.44. The summed E-state index contributed by atoms with van der Waals surface area (Å²) in [6.07, 6.45) is 0. The topological polar surface area (TPSA) is 69.4 Å². The largest absolute Gasteiger partial charge is 0.438 e. The number of aryl methyl sites for hydroxylation is 1. The van der Waals surface area contributed by atoms with Crippen LogP contribution in [-0.2, 0) is 0 Å². The highest BCUT2D eigenvalue weighted by atomic mass is 35.5. The lowest BCUT2D eigenvalue weighted by atomic mass is 10.2. The zero-order chi connectivity index (χ0) is 14.9. The highest BCUT2D eigenvalue weighted by Crippen LogP contribution is 2.41. The quantitative estimate of drug-likeness (QED) is 0.469. The first-order valence-electron chi connectivity index (χ1n) is 5.61. The zero-order valence-corrected chi connectivity index (χ0v) is 12.2. The molecular formula is C13H10ClNO4S. The van der Waals surface area contributed by atoms with Crippen molar-refractivity contribution in [2.45, 2.75) is 13.8 Å². The van der Waals surface area contributed by atoms with Crippen molar-refractivity contribution in [3.8, 4) is 10.8 Å². The van der Waals surface area contributed by atoms with E-state index in [1.165, 1.54) is 13.0 Å². The van der Waals surface area contributed by atoms with Crippen LogP contribution in [0.5, 0.6) is 10.8 Å². The molecule has 0 saturated carbocycles. The summed E-state index contributed by atoms with van der Waals surface area (Å²) in [6.45, 7) is 3.20. The minimum Gasteiger partial charge on any atom is -0.438 e. The Kier molecular flexibility index (Phi) is 4.06. The maximum atomic E-state index is 11.3. The highest BCUT2D eigenvalue weighted by Gasteiger charge is 2.23. The molecule has 0 aliphatic rings. The van der Waals surface area contributed by atoms with E-state index in [2.05, 4.69) is 0 Å². The Labute approximate surface area is 123 Å². The van der Waals surface area contributed by atoms with Gasteiger partial charge in [0, 0.05) is 6.07 Å². The molecule has 7 heteroatoms. The number of benzene rings is 1. The van der Waals surface area contributed by atoms with Gasteiger partial charge in [-0.15, -0.1) is 0 Å². The van der Waals surface area contributed by atoms with E-state index in [1.807, 2.05) is 6.92 Å². The first-order valence-corrected chi connectivity index (χ1v) is 6.81. The van der Waals surface area contributed by atoms with Crippen molar-refractivity contribution >= 4 is 34.4 Å². The fourth-order valence-corrected chi connectivity index (χ4v) is 2.57. The van der Waals surface area contributed by atoms with E-state index in [1.54, 1.807) is 18.2 Å². The fourth-order valence-electron chi connectivity index (χ4n) is 1.53. The van der Waals surface area contributed by atoms with E-state index < -0.39 is 4.92 Å². The molecule has 0 spiro atoms. The molecule has 2 aromatic rings. The standard InChI is InChI=1S/C13H10ClNO4S/c1-7-3-4-9(14)11(5-7)19-13-10(15(17)18)6-12(20-13)8(2)16/h3-6H,1-2H3. The second-order valence-corrected chi connectivity index (χ2v) is 5.55. The Morgan fingerprint density at radius 1 is 1.40 bits per heavy atom. The van der Waals surface area contributed by atoms with Crippen molar-refractivity contribution in [2.75, 3.05) is 0 Å². The Bertz CT molecular complexity index is 696. The van der Waals surface area contributed by atoms with Gasteiger partial charge in [0.1, 0.15) is 5.75 Å². The molecule has 0 radical (unpaired) electrons. The monoisotopic (exact) mass is 311 g/mol. The van der Waals surface area contributed by atoms with Crippen molar-refractivity contribution in [3.63, 3.8) is 0 Å². The highest BCUT2D eigenvalue weighted by molar-refractivity contribution is 7.16. The number of hydrogen-bond acceptors (Lipinski definition) is 5. The summed E-state index contributed by atoms with van der Waals surface area (Å²) < 4.78 is 5.51. The van der Waals surface area contributed by atoms with Gasteiger partial charge in [0.05, 0.1) is 14.8 Å². The number of nitrogens with zero attached hydrogens (tertiary/aromatic N) is 1. The predicted octanol–water partition coefficient (Wildman–Crippen LogP) is 4.61. The van der Waals surface area contributed by atoms with Crippen LogP contribution in [0.2, 0.25) is 5.02 Å². The number of carbonyl (C=O) groups excluding carboxylic acids is 1. The average Bonchev–Trinajstić information content (AvgIpc) is 2.78. The van der Waals surface area contributed by atoms with Crippen LogP contribution in [0, 0.1) is 17.0 Å². The van der Waals surface area contributed by atoms with E-state index in [4.69, 9.17) is 16.3 Å². The Morgan fingerprint density at radius 2 is 2.10 bits per heavy atom. The van der Waals surface area contributed by atoms with Gasteiger partial charge in [-0.05, 0) is 31.5 Å². The third kappa shape index (κ3) is 2.97. The van der Waals surface area contributed by atoms with Gasteiger partial charge in [-0.1, -0.05) is 29.0 Å². The lowest BCUT2D eigenvalue weighted by Crippen LogP contribution is -1.90. The third-order valence-corrected chi connectivity index (χ3v) is 3.93. The Morgan fingerprint density at radius 3 is 2.70 bits per heavy atom. The molecule has 0 aliphatic heterocycles. The molecule has 0 amide bonds. The number of halogens is 1. The smallest absolute Gasteiger partial charge is 0.323 e. The van der Waals surface area contributed by atoms with Gasteiger partial charge in [0.2, 0.25) is 0 Å². The molecule has 0 saturated heterocycles. The van der Waals surface area contributed by atoms with Crippen LogP contribution < -0.4 is 4.74 Å². The van der Waals surface area contributed by atoms with Crippen LogP contribution in [-0.4, -0.2) is 10.7 Å². The van der Waals surface area contributed by atoms with Crippen LogP contribution in [0.1, 0.15) is 22.2 Å². The van der Waals surface area contributed by atoms with Gasteiger partial charge < -0.3 is 4.74 Å². The first-order chi connectivity index (χ1) is 9.38. The van der Waals surface area contributed by atoms with Crippen LogP contribution in [0.15, 0.2) is 24.3 Å². The molecule has 104 valence electrons. The summed E-state index contributed by atoms with van der Waals surface area (Å²) in [6, 6.07) is 6.35. The second kappa shape index (κ2) is 5.60. The maximum absolute atomic E-state index is 11.3. The summed E-state index contributed by atoms with van der Waals surface area (Å²) in [7, 11) is 0. The number of rotatable bonds is 4. The van der Waals surface area contributed by atoms with Gasteiger partial charge in [-0.25, -0.2) is 0 Å². The SMILES string of the molecule is CC(=O)c1cc([N+](=O)[O-])c(Oc2cc(C)ccc2Cl)s1. The molecule has 0 N–H and O–H groups in total. The van der Waals surface area contributed by atoms with Crippen LogP contribution in [0.25, 0.3) is 0 Å². The molecule has 5 nitrogen and oxygen atoms in total. The lowest BCUT2D eigenvalue weighted by Gasteiger charge is -2.05. The number of nitro groups is 1. The molecule has 0 bridgehead atoms. The number of hydrogen-bond donors (Lipinski definition) is 0. The van der Waals surface area contributed by atoms with Crippen LogP contribution in [0.4, 0.5) is 5.69 Å². The number of ether oxygens (including phenoxy) is 1. The van der Waals surface area contributed by atoms with Crippen molar-refractivity contribution < 1.29 is 14.5 Å². The molecule has 20 heavy (non-hydrogen) atoms. The number of thiophene rings is 1. The van der Waals surface area contributed by atoms with Gasteiger partial charge in [0.25, 0.3) is 5.06 Å². The first kappa shape index (κ1) is 14.5. The van der Waals surface area contributed by atoms with Gasteiger partial charge in [0.15, 0.2) is 5.78 Å². The minimum absolute atomic E-state index is 0.0488. The second-order valence-electron chi connectivity index (χ2n) is 4.13. The van der Waals surface area contributed by atoms with Crippen molar-refractivity contribution in [2.24, 2.45) is 0 Å². The van der Waals surface area contributed by atoms with E-state index >= 15 is 0 Å². The predicted molar refractivity (Wildman–Crippen MR) is 77.2 cm³/mol. The molecule has 0 atom stereocenters. The third-order valence-electron chi connectivity index (χ3n) is 2.51. The lowest BCUT2D eigenvalue weighted by molar-refractivity contribution is -0.385. The number of Topliss-reactive ketones (excluding diaryl/α,β-unsaturated/α-hetero) is 1. The molecule has 0 unspecified atom stereocenters. The summed E-state index contributed by atoms with van der Waals surface area (Å²) >= 11 is 6.92. The zero-order valence-electron chi connectivity index (χ0n) is 10.7. The molecule has 2 rings (SSSR count). The summed E-state index contributed by atoms with van der Waals surface area (Å²) in [5.41, 5.74) is 0.674. The minimum atomic E-state index is -0.581. The average molecular weight is 312 g/mol. The van der Waals surface area contributed by atoms with Gasteiger partial charge in [-0.2, -0.15) is 0 Å². The molecule has 1 aromatic heterocycles. The summed E-state index contributed by atoms with van der Waals surface area (Å²) in [5, 5.41) is 11.4. The maximum Gasteiger partial charge on any atom is 0.323 e. The normalized spacial score (nSPS) is 10.3. The number of carbonyl (C=O) groups is 1. The van der Waals surface area contributed by atoms with E-state index in [0.29, 0.717) is 10.8 Å². The summed E-state index contributed by atoms with van der Waals surface area (Å²) in [5.74, 6) is 0.0787. The van der Waals surface area contributed by atoms with Crippen molar-refractivity contribution in [3.05, 3.63) is 49.8 Å². The molecule has 1 heterocycles. The fraction of sp³-hybridized carbons (Fsp3) is 0.154. The number of ketones is 1. The van der Waals surface area contributed by atoms with Gasteiger partial charge in [-0.3, -0.25) is 14.9 Å². The van der Waals surface area contributed by atoms with Gasteiger partial charge >= 0.3 is 5.69 Å². The van der Waals surface area contributed by atoms with Crippen molar-refractivity contribution in [1.82, 2.24) is 0 Å². The Hall–Kier alpha value is -1.92. The molecule has 0 fully saturated rings. The molecular weight excluding hydrogens is 302 g/mol. The van der Waals surface area contributed by atoms with Crippen molar-refractivity contribution in [1.29, 1.82) is 0 Å². The summed E-state index contributed by atoms with van der Waals surface area (Å²) in [4.78, 5) is 22.0. The van der Waals surface area contributed by atoms with E-state index in [0.717, 1.165) is 16.9 Å². The van der Waals surface area contributed by atoms with Crippen LogP contribution >= 0.6 is 22.9 Å². The van der Waals surface area contributed by atoms with Crippen LogP contribution in [0.3, 0.4) is 0 Å². The molecule has 0 aliphatic carbocycles. The van der Waals surface area contributed by atoms with E-state index in [9.17, 15) is 14.9 Å². The van der Waals surface area contributed by atoms with E-state index in [-0.39, 0.29) is 21.4 Å². The molecule has 1 aromatic carbocycles.